The van der Waals surface area contributed by atoms with E-state index < -0.39 is 12.0 Å². The van der Waals surface area contributed by atoms with E-state index in [0.717, 1.165) is 4.88 Å². The van der Waals surface area contributed by atoms with Crippen LogP contribution in [0.4, 0.5) is 0 Å². The third kappa shape index (κ3) is 1.84. The van der Waals surface area contributed by atoms with Crippen molar-refractivity contribution < 1.29 is 9.90 Å². The van der Waals surface area contributed by atoms with Crippen LogP contribution in [-0.4, -0.2) is 27.9 Å². The largest absolute Gasteiger partial charge is 0.480 e. The molecular weight excluding hydrogens is 208 g/mol. The Balaban J connectivity index is 2.03. The maximum absolute atomic E-state index is 10.6. The van der Waals surface area contributed by atoms with Gasteiger partial charge < -0.3 is 5.11 Å². The summed E-state index contributed by atoms with van der Waals surface area (Å²) in [5, 5.41) is 11.9. The van der Waals surface area contributed by atoms with Crippen LogP contribution < -0.4 is 5.32 Å². The number of hydrogen-bond acceptors (Lipinski definition) is 5. The van der Waals surface area contributed by atoms with Gasteiger partial charge >= 0.3 is 5.97 Å². The highest BCUT2D eigenvalue weighted by atomic mass is 32.2. The second-order valence-corrected chi connectivity index (χ2v) is 4.73. The minimum Gasteiger partial charge on any atom is -0.480 e. The first-order valence-corrected chi connectivity index (χ1v) is 5.69. The summed E-state index contributed by atoms with van der Waals surface area (Å²) in [7, 11) is 0. The maximum atomic E-state index is 10.6. The fourth-order valence-corrected chi connectivity index (χ4v) is 3.17. The summed E-state index contributed by atoms with van der Waals surface area (Å²) in [6.45, 7) is 0. The van der Waals surface area contributed by atoms with Crippen LogP contribution in [0.5, 0.6) is 0 Å². The van der Waals surface area contributed by atoms with E-state index in [1.807, 2.05) is 0 Å². The van der Waals surface area contributed by atoms with Crippen molar-refractivity contribution in [3.05, 3.63) is 16.6 Å². The number of hydrogen-bond donors (Lipinski definition) is 2. The van der Waals surface area contributed by atoms with Crippen molar-refractivity contribution in [1.82, 2.24) is 10.3 Å². The molecule has 1 fully saturated rings. The number of aromatic nitrogens is 1. The molecular formula is C7H8N2O2S2. The topological polar surface area (TPSA) is 62.2 Å². The zero-order valence-electron chi connectivity index (χ0n) is 6.64. The number of carbonyl (C=O) groups is 1. The van der Waals surface area contributed by atoms with Gasteiger partial charge in [0.2, 0.25) is 0 Å². The lowest BCUT2D eigenvalue weighted by Crippen LogP contribution is -2.33. The number of thiazole rings is 1. The number of rotatable bonds is 2. The molecule has 13 heavy (non-hydrogen) atoms. The molecule has 6 heteroatoms. The van der Waals surface area contributed by atoms with Crippen LogP contribution in [0.15, 0.2) is 11.7 Å². The number of carboxylic acids is 1. The van der Waals surface area contributed by atoms with Crippen LogP contribution in [-0.2, 0) is 4.79 Å². The molecule has 1 aromatic rings. The average Bonchev–Trinajstić information content (AvgIpc) is 2.75. The molecule has 1 aliphatic rings. The van der Waals surface area contributed by atoms with Gasteiger partial charge in [-0.1, -0.05) is 0 Å². The molecule has 0 saturated carbocycles. The molecule has 1 saturated heterocycles. The SMILES string of the molecule is O=C(O)C1CSC(c2cncs2)N1. The van der Waals surface area contributed by atoms with Gasteiger partial charge in [-0.25, -0.2) is 0 Å². The van der Waals surface area contributed by atoms with Crippen LogP contribution in [0.25, 0.3) is 0 Å². The lowest BCUT2D eigenvalue weighted by molar-refractivity contribution is -0.138. The van der Waals surface area contributed by atoms with E-state index in [2.05, 4.69) is 10.3 Å². The number of carboxylic acid groups (broad SMARTS) is 1. The van der Waals surface area contributed by atoms with E-state index in [4.69, 9.17) is 5.11 Å². The second-order valence-electron chi connectivity index (χ2n) is 2.67. The van der Waals surface area contributed by atoms with Crippen LogP contribution in [0.3, 0.4) is 0 Å². The zero-order chi connectivity index (χ0) is 9.26. The Bertz CT molecular complexity index is 301. The number of nitrogens with one attached hydrogen (secondary N) is 1. The van der Waals surface area contributed by atoms with Crippen molar-refractivity contribution >= 4 is 29.1 Å². The van der Waals surface area contributed by atoms with Gasteiger partial charge in [0.25, 0.3) is 0 Å². The Morgan fingerprint density at radius 1 is 1.77 bits per heavy atom. The smallest absolute Gasteiger partial charge is 0.321 e. The van der Waals surface area contributed by atoms with E-state index in [0.29, 0.717) is 5.75 Å². The minimum atomic E-state index is -0.778. The highest BCUT2D eigenvalue weighted by molar-refractivity contribution is 7.99. The van der Waals surface area contributed by atoms with Crippen molar-refractivity contribution in [1.29, 1.82) is 0 Å². The van der Waals surface area contributed by atoms with Gasteiger partial charge in [-0.05, 0) is 0 Å². The Labute approximate surface area is 83.4 Å². The molecule has 2 unspecified atom stereocenters. The first-order chi connectivity index (χ1) is 6.27. The van der Waals surface area contributed by atoms with Crippen molar-refractivity contribution in [2.75, 3.05) is 5.75 Å². The fraction of sp³-hybridized carbons (Fsp3) is 0.429. The van der Waals surface area contributed by atoms with Crippen LogP contribution in [0.2, 0.25) is 0 Å². The molecule has 1 aromatic heterocycles. The molecule has 4 nitrogen and oxygen atoms in total. The van der Waals surface area contributed by atoms with Gasteiger partial charge in [0, 0.05) is 11.9 Å². The lowest BCUT2D eigenvalue weighted by Gasteiger charge is -2.06. The Kier molecular flexibility index (Phi) is 2.52. The van der Waals surface area contributed by atoms with Gasteiger partial charge in [-0.15, -0.1) is 23.1 Å². The van der Waals surface area contributed by atoms with Crippen molar-refractivity contribution in [2.45, 2.75) is 11.4 Å². The van der Waals surface area contributed by atoms with E-state index in [1.54, 1.807) is 34.8 Å². The number of thioether (sulfide) groups is 1. The fourth-order valence-electron chi connectivity index (χ4n) is 1.13. The quantitative estimate of drug-likeness (QED) is 0.770. The van der Waals surface area contributed by atoms with E-state index >= 15 is 0 Å². The molecule has 0 radical (unpaired) electrons. The molecule has 2 atom stereocenters. The third-order valence-corrected chi connectivity index (χ3v) is 4.03. The summed E-state index contributed by atoms with van der Waals surface area (Å²) in [5.41, 5.74) is 1.76. The van der Waals surface area contributed by atoms with Crippen molar-refractivity contribution in [3.8, 4) is 0 Å². The monoisotopic (exact) mass is 216 g/mol. The first kappa shape index (κ1) is 8.98. The van der Waals surface area contributed by atoms with Crippen LogP contribution in [0.1, 0.15) is 10.3 Å². The predicted molar refractivity (Wildman–Crippen MR) is 51.9 cm³/mol. The normalized spacial score (nSPS) is 27.7. The van der Waals surface area contributed by atoms with Gasteiger partial charge in [-0.2, -0.15) is 0 Å². The average molecular weight is 216 g/mol. The molecule has 1 aliphatic heterocycles. The summed E-state index contributed by atoms with van der Waals surface area (Å²) in [6.07, 6.45) is 1.78. The molecule has 0 spiro atoms. The van der Waals surface area contributed by atoms with E-state index in [-0.39, 0.29) is 5.37 Å². The summed E-state index contributed by atoms with van der Waals surface area (Å²) in [4.78, 5) is 15.7. The summed E-state index contributed by atoms with van der Waals surface area (Å²) in [6, 6.07) is -0.419. The Hall–Kier alpha value is -0.590. The second kappa shape index (κ2) is 3.65. The lowest BCUT2D eigenvalue weighted by atomic mass is 10.3. The Morgan fingerprint density at radius 2 is 2.62 bits per heavy atom. The highest BCUT2D eigenvalue weighted by Gasteiger charge is 2.30. The van der Waals surface area contributed by atoms with Gasteiger partial charge in [0.15, 0.2) is 0 Å². The third-order valence-electron chi connectivity index (χ3n) is 1.79. The summed E-state index contributed by atoms with van der Waals surface area (Å²) >= 11 is 3.16. The van der Waals surface area contributed by atoms with Crippen LogP contribution >= 0.6 is 23.1 Å². The van der Waals surface area contributed by atoms with Crippen LogP contribution in [0, 0.1) is 0 Å². The molecule has 2 N–H and O–H groups in total. The van der Waals surface area contributed by atoms with E-state index in [1.165, 1.54) is 0 Å². The molecule has 0 amide bonds. The molecule has 0 aromatic carbocycles. The first-order valence-electron chi connectivity index (χ1n) is 3.76. The standard InChI is InChI=1S/C7H8N2O2S2/c10-7(11)4-2-12-6(9-4)5-1-8-3-13-5/h1,3-4,6,9H,2H2,(H,10,11). The number of aliphatic carboxylic acids is 1. The summed E-state index contributed by atoms with van der Waals surface area (Å²) in [5.74, 6) is -0.155. The molecule has 0 bridgehead atoms. The molecule has 0 aliphatic carbocycles. The van der Waals surface area contributed by atoms with Crippen molar-refractivity contribution in [3.63, 3.8) is 0 Å². The van der Waals surface area contributed by atoms with Crippen molar-refractivity contribution in [2.24, 2.45) is 0 Å². The van der Waals surface area contributed by atoms with Gasteiger partial charge in [-0.3, -0.25) is 15.1 Å². The minimum absolute atomic E-state index is 0.105. The van der Waals surface area contributed by atoms with E-state index in [9.17, 15) is 4.79 Å². The molecule has 2 heterocycles. The maximum Gasteiger partial charge on any atom is 0.321 e. The number of nitrogens with zero attached hydrogens (tertiary/aromatic N) is 1. The van der Waals surface area contributed by atoms with Gasteiger partial charge in [0.1, 0.15) is 6.04 Å². The Morgan fingerprint density at radius 3 is 3.15 bits per heavy atom. The molecule has 70 valence electrons. The highest BCUT2D eigenvalue weighted by Crippen LogP contribution is 2.34. The van der Waals surface area contributed by atoms with Gasteiger partial charge in [0.05, 0.1) is 15.8 Å². The predicted octanol–water partition coefficient (Wildman–Crippen LogP) is 0.931. The zero-order valence-corrected chi connectivity index (χ0v) is 8.27. The summed E-state index contributed by atoms with van der Waals surface area (Å²) < 4.78 is 0. The molecule has 2 rings (SSSR count).